The molecule has 0 aromatic carbocycles. The number of alkyl halides is 1. The topological polar surface area (TPSA) is 23.6 Å². The van der Waals surface area contributed by atoms with E-state index in [1.807, 2.05) is 11.8 Å². The first-order chi connectivity index (χ1) is 7.40. The first kappa shape index (κ1) is 15.9. The fraction of sp³-hybridized carbons (Fsp3) is 0.917. The number of hydrogen-bond acceptors (Lipinski definition) is 2. The lowest BCUT2D eigenvalue weighted by molar-refractivity contribution is -0.131. The van der Waals surface area contributed by atoms with Crippen LogP contribution in [0.2, 0.25) is 0 Å². The van der Waals surface area contributed by atoms with E-state index in [0.717, 1.165) is 26.1 Å². The largest absolute Gasteiger partial charge is 0.342 e. The molecule has 0 saturated carbocycles. The molecule has 1 atom stereocenters. The van der Waals surface area contributed by atoms with Crippen LogP contribution in [0.1, 0.15) is 27.2 Å². The highest BCUT2D eigenvalue weighted by molar-refractivity contribution is 9.10. The second-order valence-electron chi connectivity index (χ2n) is 4.72. The summed E-state index contributed by atoms with van der Waals surface area (Å²) in [7, 11) is 4.11. The molecule has 1 amide bonds. The van der Waals surface area contributed by atoms with Crippen molar-refractivity contribution in [1.82, 2.24) is 9.80 Å². The molecular weight excluding hydrogens is 268 g/mol. The third kappa shape index (κ3) is 5.85. The molecule has 0 aliphatic heterocycles. The summed E-state index contributed by atoms with van der Waals surface area (Å²) in [5.74, 6) is 0.562. The van der Waals surface area contributed by atoms with Gasteiger partial charge < -0.3 is 9.80 Å². The highest BCUT2D eigenvalue weighted by Crippen LogP contribution is 2.15. The predicted molar refractivity (Wildman–Crippen MR) is 73.0 cm³/mol. The van der Waals surface area contributed by atoms with Gasteiger partial charge in [0.2, 0.25) is 5.91 Å². The lowest BCUT2D eigenvalue weighted by Gasteiger charge is -2.25. The van der Waals surface area contributed by atoms with Crippen molar-refractivity contribution in [2.24, 2.45) is 5.92 Å². The van der Waals surface area contributed by atoms with E-state index in [0.29, 0.717) is 5.92 Å². The van der Waals surface area contributed by atoms with Crippen LogP contribution >= 0.6 is 15.9 Å². The minimum Gasteiger partial charge on any atom is -0.342 e. The predicted octanol–water partition coefficient (Wildman–Crippen LogP) is 2.21. The van der Waals surface area contributed by atoms with Gasteiger partial charge in [0.1, 0.15) is 0 Å². The minimum atomic E-state index is -0.0493. The Bertz CT molecular complexity index is 207. The standard InChI is InChI=1S/C12H25BrN2O/c1-6-15(9-7-8-14(4)5)12(16)11(13)10(2)3/h10-11H,6-9H2,1-5H3. The molecule has 96 valence electrons. The van der Waals surface area contributed by atoms with Crippen LogP contribution in [0.4, 0.5) is 0 Å². The SMILES string of the molecule is CCN(CCCN(C)C)C(=O)C(Br)C(C)C. The Morgan fingerprint density at radius 2 is 1.81 bits per heavy atom. The zero-order valence-corrected chi connectivity index (χ0v) is 12.7. The smallest absolute Gasteiger partial charge is 0.236 e. The molecule has 0 spiro atoms. The Morgan fingerprint density at radius 1 is 1.25 bits per heavy atom. The molecule has 0 aromatic heterocycles. The van der Waals surface area contributed by atoms with Crippen molar-refractivity contribution in [3.63, 3.8) is 0 Å². The average molecular weight is 293 g/mol. The molecule has 16 heavy (non-hydrogen) atoms. The van der Waals surface area contributed by atoms with Gasteiger partial charge in [-0.2, -0.15) is 0 Å². The lowest BCUT2D eigenvalue weighted by Crippen LogP contribution is -2.39. The molecule has 0 bridgehead atoms. The first-order valence-electron chi connectivity index (χ1n) is 5.97. The number of hydrogen-bond donors (Lipinski definition) is 0. The summed E-state index contributed by atoms with van der Waals surface area (Å²) < 4.78 is 0. The molecule has 0 N–H and O–H groups in total. The summed E-state index contributed by atoms with van der Waals surface area (Å²) in [6, 6.07) is 0. The van der Waals surface area contributed by atoms with Gasteiger partial charge in [-0.25, -0.2) is 0 Å². The van der Waals surface area contributed by atoms with Crippen LogP contribution < -0.4 is 0 Å². The van der Waals surface area contributed by atoms with Gasteiger partial charge in [0.25, 0.3) is 0 Å². The maximum Gasteiger partial charge on any atom is 0.236 e. The van der Waals surface area contributed by atoms with E-state index in [2.05, 4.69) is 48.8 Å². The second-order valence-corrected chi connectivity index (χ2v) is 5.71. The van der Waals surface area contributed by atoms with Crippen molar-refractivity contribution >= 4 is 21.8 Å². The highest BCUT2D eigenvalue weighted by Gasteiger charge is 2.23. The Labute approximate surface area is 108 Å². The number of amides is 1. The molecule has 0 heterocycles. The van der Waals surface area contributed by atoms with E-state index in [1.165, 1.54) is 0 Å². The van der Waals surface area contributed by atoms with Gasteiger partial charge >= 0.3 is 0 Å². The third-order valence-electron chi connectivity index (χ3n) is 2.55. The van der Waals surface area contributed by atoms with E-state index in [4.69, 9.17) is 0 Å². The van der Waals surface area contributed by atoms with Gasteiger partial charge in [0, 0.05) is 13.1 Å². The fourth-order valence-corrected chi connectivity index (χ4v) is 1.75. The summed E-state index contributed by atoms with van der Waals surface area (Å²) in [4.78, 5) is 16.1. The molecule has 0 radical (unpaired) electrons. The Kier molecular flexibility index (Phi) is 8.02. The van der Waals surface area contributed by atoms with Crippen molar-refractivity contribution in [3.05, 3.63) is 0 Å². The number of carbonyl (C=O) groups excluding carboxylic acids is 1. The monoisotopic (exact) mass is 292 g/mol. The van der Waals surface area contributed by atoms with Crippen molar-refractivity contribution < 1.29 is 4.79 Å². The van der Waals surface area contributed by atoms with Crippen LogP contribution in [-0.4, -0.2) is 54.3 Å². The van der Waals surface area contributed by atoms with Crippen LogP contribution in [0.3, 0.4) is 0 Å². The molecule has 0 aromatic rings. The molecule has 0 aliphatic carbocycles. The van der Waals surface area contributed by atoms with E-state index in [-0.39, 0.29) is 10.7 Å². The summed E-state index contributed by atoms with van der Waals surface area (Å²) in [6.07, 6.45) is 1.03. The lowest BCUT2D eigenvalue weighted by atomic mass is 10.1. The van der Waals surface area contributed by atoms with Crippen LogP contribution in [0.15, 0.2) is 0 Å². The number of rotatable bonds is 7. The van der Waals surface area contributed by atoms with Gasteiger partial charge in [-0.05, 0) is 39.9 Å². The number of carbonyl (C=O) groups is 1. The van der Waals surface area contributed by atoms with Gasteiger partial charge in [-0.1, -0.05) is 29.8 Å². The van der Waals surface area contributed by atoms with Gasteiger partial charge in [-0.15, -0.1) is 0 Å². The minimum absolute atomic E-state index is 0.0493. The summed E-state index contributed by atoms with van der Waals surface area (Å²) in [6.45, 7) is 8.82. The second kappa shape index (κ2) is 8.07. The zero-order chi connectivity index (χ0) is 12.7. The maximum absolute atomic E-state index is 12.1. The van der Waals surface area contributed by atoms with Crippen LogP contribution in [0, 0.1) is 5.92 Å². The number of nitrogens with zero attached hydrogens (tertiary/aromatic N) is 2. The van der Waals surface area contributed by atoms with E-state index >= 15 is 0 Å². The summed E-state index contributed by atoms with van der Waals surface area (Å²) >= 11 is 3.47. The molecule has 0 saturated heterocycles. The quantitative estimate of drug-likeness (QED) is 0.672. The summed E-state index contributed by atoms with van der Waals surface area (Å²) in [5, 5.41) is 0. The average Bonchev–Trinajstić information content (AvgIpc) is 2.21. The van der Waals surface area contributed by atoms with Crippen molar-refractivity contribution in [2.75, 3.05) is 33.7 Å². The third-order valence-corrected chi connectivity index (χ3v) is 4.00. The summed E-state index contributed by atoms with van der Waals surface area (Å²) in [5.41, 5.74) is 0. The molecule has 3 nitrogen and oxygen atoms in total. The zero-order valence-electron chi connectivity index (χ0n) is 11.2. The fourth-order valence-electron chi connectivity index (χ4n) is 1.46. The Hall–Kier alpha value is -0.0900. The Morgan fingerprint density at radius 3 is 2.19 bits per heavy atom. The van der Waals surface area contributed by atoms with Crippen molar-refractivity contribution in [3.8, 4) is 0 Å². The van der Waals surface area contributed by atoms with E-state index in [1.54, 1.807) is 0 Å². The van der Waals surface area contributed by atoms with E-state index in [9.17, 15) is 4.79 Å². The van der Waals surface area contributed by atoms with Crippen LogP contribution in [0.5, 0.6) is 0 Å². The van der Waals surface area contributed by atoms with E-state index < -0.39 is 0 Å². The highest BCUT2D eigenvalue weighted by atomic mass is 79.9. The molecule has 0 aliphatic rings. The van der Waals surface area contributed by atoms with Crippen LogP contribution in [0.25, 0.3) is 0 Å². The van der Waals surface area contributed by atoms with Gasteiger partial charge in [0.05, 0.1) is 4.83 Å². The van der Waals surface area contributed by atoms with Crippen molar-refractivity contribution in [1.29, 1.82) is 0 Å². The van der Waals surface area contributed by atoms with Gasteiger partial charge in [-0.3, -0.25) is 4.79 Å². The van der Waals surface area contributed by atoms with Crippen LogP contribution in [-0.2, 0) is 4.79 Å². The molecule has 0 fully saturated rings. The molecular formula is C12H25BrN2O. The van der Waals surface area contributed by atoms with Gasteiger partial charge in [0.15, 0.2) is 0 Å². The molecule has 0 rings (SSSR count). The number of halogens is 1. The normalized spacial score (nSPS) is 13.2. The maximum atomic E-state index is 12.1. The molecule has 1 unspecified atom stereocenters. The molecule has 4 heteroatoms. The Balaban J connectivity index is 4.11. The van der Waals surface area contributed by atoms with Crippen molar-refractivity contribution in [2.45, 2.75) is 32.0 Å². The first-order valence-corrected chi connectivity index (χ1v) is 6.89.